The molecule has 0 atom stereocenters. The van der Waals surface area contributed by atoms with Crippen molar-refractivity contribution in [3.05, 3.63) is 77.5 Å². The SMILES string of the molecule is CC1(C)C=C2c3c(nc4ccccc4c3C(=O)N2c2ccccc2)C1. The molecule has 3 nitrogen and oxygen atoms in total. The Kier molecular flexibility index (Phi) is 2.76. The molecular weight excluding hydrogens is 308 g/mol. The molecule has 122 valence electrons. The molecular formula is C22H18N2O. The van der Waals surface area contributed by atoms with Crippen molar-refractivity contribution >= 4 is 28.2 Å². The van der Waals surface area contributed by atoms with Crippen molar-refractivity contribution in [1.82, 2.24) is 4.98 Å². The minimum absolute atomic E-state index is 0.0350. The minimum Gasteiger partial charge on any atom is -0.277 e. The lowest BCUT2D eigenvalue weighted by Gasteiger charge is -2.30. The number of nitrogens with zero attached hydrogens (tertiary/aromatic N) is 2. The highest BCUT2D eigenvalue weighted by Gasteiger charge is 2.41. The molecule has 5 rings (SSSR count). The molecule has 3 aromatic rings. The smallest absolute Gasteiger partial charge is 0.264 e. The van der Waals surface area contributed by atoms with E-state index in [0.717, 1.165) is 45.5 Å². The van der Waals surface area contributed by atoms with Crippen LogP contribution < -0.4 is 4.90 Å². The second-order valence-electron chi connectivity index (χ2n) is 7.50. The molecule has 2 heterocycles. The largest absolute Gasteiger partial charge is 0.277 e. The molecule has 25 heavy (non-hydrogen) atoms. The predicted octanol–water partition coefficient (Wildman–Crippen LogP) is 4.82. The van der Waals surface area contributed by atoms with Crippen LogP contribution in [0.3, 0.4) is 0 Å². The van der Waals surface area contributed by atoms with E-state index in [0.29, 0.717) is 0 Å². The highest BCUT2D eigenvalue weighted by molar-refractivity contribution is 6.27. The Morgan fingerprint density at radius 3 is 2.48 bits per heavy atom. The number of fused-ring (bicyclic) bond motifs is 2. The number of benzene rings is 2. The van der Waals surface area contributed by atoms with E-state index in [9.17, 15) is 4.79 Å². The van der Waals surface area contributed by atoms with Crippen molar-refractivity contribution in [2.45, 2.75) is 20.3 Å². The number of amides is 1. The summed E-state index contributed by atoms with van der Waals surface area (Å²) in [6.07, 6.45) is 3.08. The topological polar surface area (TPSA) is 33.2 Å². The molecule has 1 aromatic heterocycles. The van der Waals surface area contributed by atoms with Gasteiger partial charge in [0.2, 0.25) is 0 Å². The number of carbonyl (C=O) groups is 1. The van der Waals surface area contributed by atoms with Crippen LogP contribution in [0.2, 0.25) is 0 Å². The number of hydrogen-bond donors (Lipinski definition) is 0. The third kappa shape index (κ3) is 1.99. The zero-order chi connectivity index (χ0) is 17.2. The molecule has 0 spiro atoms. The van der Waals surface area contributed by atoms with Gasteiger partial charge in [-0.25, -0.2) is 0 Å². The molecule has 0 fully saturated rings. The Morgan fingerprint density at radius 2 is 1.68 bits per heavy atom. The lowest BCUT2D eigenvalue weighted by Crippen LogP contribution is -2.26. The second kappa shape index (κ2) is 4.79. The van der Waals surface area contributed by atoms with Gasteiger partial charge in [0.15, 0.2) is 0 Å². The van der Waals surface area contributed by atoms with Gasteiger partial charge >= 0.3 is 0 Å². The van der Waals surface area contributed by atoms with Crippen LogP contribution >= 0.6 is 0 Å². The van der Waals surface area contributed by atoms with Crippen LogP contribution in [0.25, 0.3) is 16.6 Å². The van der Waals surface area contributed by atoms with Crippen LogP contribution in [-0.4, -0.2) is 10.9 Å². The average molecular weight is 326 g/mol. The maximum Gasteiger partial charge on any atom is 0.264 e. The van der Waals surface area contributed by atoms with Gasteiger partial charge in [-0.2, -0.15) is 0 Å². The summed E-state index contributed by atoms with van der Waals surface area (Å²) >= 11 is 0. The van der Waals surface area contributed by atoms with Crippen LogP contribution in [0, 0.1) is 5.41 Å². The van der Waals surface area contributed by atoms with Gasteiger partial charge in [0.1, 0.15) is 0 Å². The van der Waals surface area contributed by atoms with Gasteiger partial charge in [-0.1, -0.05) is 56.3 Å². The molecule has 1 aliphatic carbocycles. The highest BCUT2D eigenvalue weighted by Crippen LogP contribution is 2.47. The number of pyridine rings is 1. The summed E-state index contributed by atoms with van der Waals surface area (Å²) in [5.74, 6) is 0.0463. The van der Waals surface area contributed by atoms with Crippen molar-refractivity contribution in [1.29, 1.82) is 0 Å². The maximum absolute atomic E-state index is 13.4. The maximum atomic E-state index is 13.4. The van der Waals surface area contributed by atoms with Gasteiger partial charge in [0.05, 0.1) is 22.5 Å². The number of hydrogen-bond acceptors (Lipinski definition) is 2. The molecule has 0 saturated carbocycles. The number of carbonyl (C=O) groups excluding carboxylic acids is 1. The van der Waals surface area contributed by atoms with Gasteiger partial charge in [0.25, 0.3) is 5.91 Å². The molecule has 0 unspecified atom stereocenters. The first-order valence-corrected chi connectivity index (χ1v) is 8.59. The van der Waals surface area contributed by atoms with Crippen LogP contribution in [0.4, 0.5) is 5.69 Å². The Balaban J connectivity index is 1.87. The summed E-state index contributed by atoms with van der Waals surface area (Å²) < 4.78 is 0. The highest BCUT2D eigenvalue weighted by atomic mass is 16.2. The van der Waals surface area contributed by atoms with Gasteiger partial charge in [-0.05, 0) is 30.0 Å². The fourth-order valence-electron chi connectivity index (χ4n) is 4.04. The molecule has 0 N–H and O–H groups in total. The average Bonchev–Trinajstić information content (AvgIpc) is 2.88. The number of aromatic nitrogens is 1. The summed E-state index contributed by atoms with van der Waals surface area (Å²) in [4.78, 5) is 20.2. The number of anilines is 1. The van der Waals surface area contributed by atoms with Crippen LogP contribution in [0.5, 0.6) is 0 Å². The van der Waals surface area contributed by atoms with Crippen LogP contribution in [-0.2, 0) is 6.42 Å². The summed E-state index contributed by atoms with van der Waals surface area (Å²) in [6.45, 7) is 4.40. The molecule has 2 aliphatic rings. The number of allylic oxidation sites excluding steroid dienone is 1. The molecule has 0 radical (unpaired) electrons. The quantitative estimate of drug-likeness (QED) is 0.642. The zero-order valence-corrected chi connectivity index (χ0v) is 14.3. The standard InChI is InChI=1S/C22H18N2O/c1-22(2)12-17-20-18(13-22)24(14-8-4-3-5-9-14)21(25)19(20)15-10-6-7-11-16(15)23-17/h3-11,13H,12H2,1-2H3. The van der Waals surface area contributed by atoms with E-state index in [2.05, 4.69) is 19.9 Å². The molecule has 1 amide bonds. The van der Waals surface area contributed by atoms with E-state index in [1.807, 2.05) is 59.5 Å². The van der Waals surface area contributed by atoms with Gasteiger partial charge in [0, 0.05) is 16.6 Å². The third-order valence-corrected chi connectivity index (χ3v) is 5.05. The van der Waals surface area contributed by atoms with Crippen molar-refractivity contribution in [3.8, 4) is 0 Å². The Hall–Kier alpha value is -2.94. The minimum atomic E-state index is -0.0350. The summed E-state index contributed by atoms with van der Waals surface area (Å²) in [5.41, 5.74) is 5.60. The van der Waals surface area contributed by atoms with Gasteiger partial charge < -0.3 is 0 Å². The molecule has 1 aliphatic heterocycles. The summed E-state index contributed by atoms with van der Waals surface area (Å²) in [6, 6.07) is 17.8. The van der Waals surface area contributed by atoms with E-state index < -0.39 is 0 Å². The normalized spacial score (nSPS) is 17.6. The monoisotopic (exact) mass is 326 g/mol. The van der Waals surface area contributed by atoms with E-state index in [-0.39, 0.29) is 11.3 Å². The molecule has 0 bridgehead atoms. The van der Waals surface area contributed by atoms with Crippen molar-refractivity contribution in [3.63, 3.8) is 0 Å². The first kappa shape index (κ1) is 14.4. The predicted molar refractivity (Wildman–Crippen MR) is 100 cm³/mol. The summed E-state index contributed by atoms with van der Waals surface area (Å²) in [7, 11) is 0. The number of rotatable bonds is 1. The van der Waals surface area contributed by atoms with E-state index in [4.69, 9.17) is 4.98 Å². The van der Waals surface area contributed by atoms with E-state index in [1.54, 1.807) is 0 Å². The van der Waals surface area contributed by atoms with Crippen LogP contribution in [0.15, 0.2) is 60.7 Å². The molecule has 3 heteroatoms. The van der Waals surface area contributed by atoms with Crippen molar-refractivity contribution in [2.75, 3.05) is 4.90 Å². The molecule has 0 saturated heterocycles. The van der Waals surface area contributed by atoms with E-state index in [1.165, 1.54) is 0 Å². The van der Waals surface area contributed by atoms with Gasteiger partial charge in [-0.15, -0.1) is 0 Å². The third-order valence-electron chi connectivity index (χ3n) is 5.05. The van der Waals surface area contributed by atoms with Crippen molar-refractivity contribution < 1.29 is 4.79 Å². The molecule has 2 aromatic carbocycles. The van der Waals surface area contributed by atoms with Gasteiger partial charge in [-0.3, -0.25) is 14.7 Å². The van der Waals surface area contributed by atoms with Crippen LogP contribution in [0.1, 0.15) is 35.5 Å². The lowest BCUT2D eigenvalue weighted by atomic mass is 9.79. The first-order chi connectivity index (χ1) is 12.1. The fraction of sp³-hybridized carbons (Fsp3) is 0.182. The Labute approximate surface area is 146 Å². The number of para-hydroxylation sites is 2. The fourth-order valence-corrected chi connectivity index (χ4v) is 4.04. The van der Waals surface area contributed by atoms with E-state index >= 15 is 0 Å². The lowest BCUT2D eigenvalue weighted by molar-refractivity contribution is 0.101. The summed E-state index contributed by atoms with van der Waals surface area (Å²) in [5, 5.41) is 0.940. The Bertz CT molecular complexity index is 1060. The first-order valence-electron chi connectivity index (χ1n) is 8.59. The second-order valence-corrected chi connectivity index (χ2v) is 7.50. The van der Waals surface area contributed by atoms with Crippen molar-refractivity contribution in [2.24, 2.45) is 5.41 Å². The zero-order valence-electron chi connectivity index (χ0n) is 14.3. The Morgan fingerprint density at radius 1 is 0.960 bits per heavy atom.